The number of thioether (sulfide) groups is 1. The number of rotatable bonds is 8. The summed E-state index contributed by atoms with van der Waals surface area (Å²) in [6, 6.07) is 7.69. The lowest BCUT2D eigenvalue weighted by atomic mass is 10.2. The Bertz CT molecular complexity index is 379. The lowest BCUT2D eigenvalue weighted by molar-refractivity contribution is -0.131. The van der Waals surface area contributed by atoms with Gasteiger partial charge in [0.05, 0.1) is 19.0 Å². The maximum absolute atomic E-state index is 11.5. The molecular formula is C14H21NO3S. The van der Waals surface area contributed by atoms with Crippen LogP contribution in [0.5, 0.6) is 5.75 Å². The molecular weight excluding hydrogens is 262 g/mol. The van der Waals surface area contributed by atoms with Gasteiger partial charge in [0, 0.05) is 4.90 Å². The molecule has 19 heavy (non-hydrogen) atoms. The highest BCUT2D eigenvalue weighted by molar-refractivity contribution is 8.00. The summed E-state index contributed by atoms with van der Waals surface area (Å²) in [6.45, 7) is 7.19. The van der Waals surface area contributed by atoms with E-state index < -0.39 is 0 Å². The summed E-state index contributed by atoms with van der Waals surface area (Å²) in [5, 5.41) is 0. The van der Waals surface area contributed by atoms with Crippen molar-refractivity contribution in [2.45, 2.75) is 25.7 Å². The number of carbonyl (C=O) groups excluding carboxylic acids is 1. The molecule has 0 aliphatic carbocycles. The number of benzene rings is 1. The van der Waals surface area contributed by atoms with Gasteiger partial charge < -0.3 is 4.74 Å². The molecule has 0 saturated heterocycles. The molecule has 0 saturated carbocycles. The smallest absolute Gasteiger partial charge is 0.253 e. The number of hydroxylamine groups is 1. The predicted molar refractivity (Wildman–Crippen MR) is 77.3 cm³/mol. The van der Waals surface area contributed by atoms with Crippen LogP contribution in [0.15, 0.2) is 29.2 Å². The summed E-state index contributed by atoms with van der Waals surface area (Å²) in [6.07, 6.45) is 0. The summed E-state index contributed by atoms with van der Waals surface area (Å²) in [4.78, 5) is 17.6. The molecule has 0 aromatic heterocycles. The van der Waals surface area contributed by atoms with Crippen molar-refractivity contribution in [2.75, 3.05) is 19.0 Å². The van der Waals surface area contributed by atoms with Gasteiger partial charge in [-0.3, -0.25) is 9.63 Å². The van der Waals surface area contributed by atoms with Gasteiger partial charge in [0.15, 0.2) is 0 Å². The summed E-state index contributed by atoms with van der Waals surface area (Å²) in [5.41, 5.74) is 2.43. The van der Waals surface area contributed by atoms with Crippen molar-refractivity contribution in [3.05, 3.63) is 24.3 Å². The van der Waals surface area contributed by atoms with Crippen LogP contribution in [0.3, 0.4) is 0 Å². The highest BCUT2D eigenvalue weighted by Gasteiger charge is 2.04. The molecule has 1 rings (SSSR count). The average Bonchev–Trinajstić information content (AvgIpc) is 2.38. The predicted octanol–water partition coefficient (Wildman–Crippen LogP) is 2.88. The van der Waals surface area contributed by atoms with Crippen LogP contribution in [0.1, 0.15) is 20.8 Å². The van der Waals surface area contributed by atoms with Crippen LogP contribution in [0, 0.1) is 5.92 Å². The molecule has 106 valence electrons. The Morgan fingerprint density at radius 3 is 2.58 bits per heavy atom. The third-order valence-electron chi connectivity index (χ3n) is 2.11. The van der Waals surface area contributed by atoms with Crippen LogP contribution in [0.2, 0.25) is 0 Å². The van der Waals surface area contributed by atoms with Crippen molar-refractivity contribution in [1.82, 2.24) is 5.48 Å². The molecule has 0 aliphatic heterocycles. The fourth-order valence-corrected chi connectivity index (χ4v) is 1.95. The molecule has 0 fully saturated rings. The Kier molecular flexibility index (Phi) is 7.36. The van der Waals surface area contributed by atoms with Gasteiger partial charge in [-0.25, -0.2) is 5.48 Å². The molecule has 4 nitrogen and oxygen atoms in total. The minimum atomic E-state index is -0.125. The third-order valence-corrected chi connectivity index (χ3v) is 3.12. The minimum Gasteiger partial charge on any atom is -0.494 e. The summed E-state index contributed by atoms with van der Waals surface area (Å²) < 4.78 is 5.35. The van der Waals surface area contributed by atoms with E-state index in [1.807, 2.05) is 45.0 Å². The third kappa shape index (κ3) is 7.08. The van der Waals surface area contributed by atoms with E-state index in [-0.39, 0.29) is 5.91 Å². The van der Waals surface area contributed by atoms with E-state index in [1.165, 1.54) is 11.8 Å². The first-order chi connectivity index (χ1) is 9.11. The molecule has 0 spiro atoms. The van der Waals surface area contributed by atoms with Gasteiger partial charge in [-0.1, -0.05) is 13.8 Å². The van der Waals surface area contributed by atoms with Gasteiger partial charge in [0.25, 0.3) is 5.91 Å². The molecule has 0 bridgehead atoms. The number of ether oxygens (including phenoxy) is 1. The van der Waals surface area contributed by atoms with Crippen molar-refractivity contribution in [1.29, 1.82) is 0 Å². The normalized spacial score (nSPS) is 10.5. The fraction of sp³-hybridized carbons (Fsp3) is 0.500. The van der Waals surface area contributed by atoms with Crippen molar-refractivity contribution < 1.29 is 14.4 Å². The molecule has 1 aromatic carbocycles. The number of hydrogen-bond acceptors (Lipinski definition) is 4. The molecule has 0 atom stereocenters. The average molecular weight is 283 g/mol. The standard InChI is InChI=1S/C14H21NO3S/c1-4-17-12-5-7-13(8-6-12)19-10-14(16)15-18-9-11(2)3/h5-8,11H,4,9-10H2,1-3H3,(H,15,16). The zero-order chi connectivity index (χ0) is 14.1. The summed E-state index contributed by atoms with van der Waals surface area (Å²) >= 11 is 1.47. The summed E-state index contributed by atoms with van der Waals surface area (Å²) in [5.74, 6) is 1.46. The van der Waals surface area contributed by atoms with Gasteiger partial charge >= 0.3 is 0 Å². The number of amides is 1. The van der Waals surface area contributed by atoms with Crippen LogP contribution < -0.4 is 10.2 Å². The molecule has 1 aromatic rings. The van der Waals surface area contributed by atoms with E-state index >= 15 is 0 Å². The van der Waals surface area contributed by atoms with Gasteiger partial charge in [0.1, 0.15) is 5.75 Å². The molecule has 0 heterocycles. The van der Waals surface area contributed by atoms with Crippen molar-refractivity contribution in [2.24, 2.45) is 5.92 Å². The SMILES string of the molecule is CCOc1ccc(SCC(=O)NOCC(C)C)cc1. The second-order valence-corrected chi connectivity index (χ2v) is 5.47. The van der Waals surface area contributed by atoms with E-state index in [9.17, 15) is 4.79 Å². The maximum Gasteiger partial charge on any atom is 0.253 e. The zero-order valence-corrected chi connectivity index (χ0v) is 12.5. The molecule has 1 N–H and O–H groups in total. The zero-order valence-electron chi connectivity index (χ0n) is 11.6. The lowest BCUT2D eigenvalue weighted by Gasteiger charge is -2.08. The van der Waals surface area contributed by atoms with E-state index in [2.05, 4.69) is 5.48 Å². The highest BCUT2D eigenvalue weighted by atomic mass is 32.2. The Balaban J connectivity index is 2.25. The van der Waals surface area contributed by atoms with E-state index in [0.717, 1.165) is 10.6 Å². The number of nitrogens with one attached hydrogen (secondary N) is 1. The lowest BCUT2D eigenvalue weighted by Crippen LogP contribution is -2.27. The molecule has 0 radical (unpaired) electrons. The van der Waals surface area contributed by atoms with Gasteiger partial charge in [-0.2, -0.15) is 0 Å². The van der Waals surface area contributed by atoms with Gasteiger partial charge in [-0.05, 0) is 37.1 Å². The molecule has 5 heteroatoms. The molecule has 0 unspecified atom stereocenters. The quantitative estimate of drug-likeness (QED) is 0.588. The van der Waals surface area contributed by atoms with Crippen LogP contribution in [0.25, 0.3) is 0 Å². The maximum atomic E-state index is 11.5. The van der Waals surface area contributed by atoms with Crippen molar-refractivity contribution in [3.63, 3.8) is 0 Å². The fourth-order valence-electron chi connectivity index (χ4n) is 1.27. The van der Waals surface area contributed by atoms with E-state index in [4.69, 9.17) is 9.57 Å². The first-order valence-electron chi connectivity index (χ1n) is 6.38. The number of hydrogen-bond donors (Lipinski definition) is 1. The van der Waals surface area contributed by atoms with Crippen LogP contribution in [-0.4, -0.2) is 24.9 Å². The van der Waals surface area contributed by atoms with Crippen molar-refractivity contribution >= 4 is 17.7 Å². The molecule has 0 aliphatic rings. The van der Waals surface area contributed by atoms with Crippen LogP contribution in [0.4, 0.5) is 0 Å². The van der Waals surface area contributed by atoms with Gasteiger partial charge in [0.2, 0.25) is 0 Å². The van der Waals surface area contributed by atoms with Crippen LogP contribution in [-0.2, 0) is 9.63 Å². The van der Waals surface area contributed by atoms with E-state index in [1.54, 1.807) is 0 Å². The Morgan fingerprint density at radius 2 is 2.00 bits per heavy atom. The first-order valence-corrected chi connectivity index (χ1v) is 7.36. The van der Waals surface area contributed by atoms with Crippen LogP contribution >= 0.6 is 11.8 Å². The second kappa shape index (κ2) is 8.82. The largest absolute Gasteiger partial charge is 0.494 e. The Hall–Kier alpha value is -1.20. The topological polar surface area (TPSA) is 47.6 Å². The minimum absolute atomic E-state index is 0.125. The van der Waals surface area contributed by atoms with E-state index in [0.29, 0.717) is 24.9 Å². The first kappa shape index (κ1) is 15.9. The molecule has 1 amide bonds. The number of carbonyl (C=O) groups is 1. The Morgan fingerprint density at radius 1 is 1.32 bits per heavy atom. The summed E-state index contributed by atoms with van der Waals surface area (Å²) in [7, 11) is 0. The highest BCUT2D eigenvalue weighted by Crippen LogP contribution is 2.21. The second-order valence-electron chi connectivity index (χ2n) is 4.42. The monoisotopic (exact) mass is 283 g/mol. The van der Waals surface area contributed by atoms with Crippen molar-refractivity contribution in [3.8, 4) is 5.75 Å². The Labute approximate surface area is 118 Å². The van der Waals surface area contributed by atoms with Gasteiger partial charge in [-0.15, -0.1) is 11.8 Å².